The second-order valence-electron chi connectivity index (χ2n) is 5.13. The first kappa shape index (κ1) is 19.5. The molecule has 5 nitrogen and oxygen atoms in total. The summed E-state index contributed by atoms with van der Waals surface area (Å²) >= 11 is 6.08. The van der Waals surface area contributed by atoms with Crippen molar-refractivity contribution >= 4 is 34.0 Å². The summed E-state index contributed by atoms with van der Waals surface area (Å²) in [5.41, 5.74) is 0.793. The van der Waals surface area contributed by atoms with Crippen LogP contribution in [0.1, 0.15) is 25.3 Å². The molecule has 1 heterocycles. The van der Waals surface area contributed by atoms with Crippen LogP contribution in [0.4, 0.5) is 0 Å². The Bertz CT molecular complexity index is 602. The number of sulfonamides is 1. The molecule has 0 atom stereocenters. The molecule has 0 bridgehead atoms. The molecule has 1 fully saturated rings. The van der Waals surface area contributed by atoms with E-state index in [2.05, 4.69) is 10.0 Å². The third kappa shape index (κ3) is 4.73. The average Bonchev–Trinajstić information content (AvgIpc) is 2.43. The normalized spacial score (nSPS) is 16.1. The highest BCUT2D eigenvalue weighted by Gasteiger charge is 2.25. The lowest BCUT2D eigenvalue weighted by Gasteiger charge is -2.24. The fourth-order valence-electron chi connectivity index (χ4n) is 2.34. The number of nitrogens with one attached hydrogen (secondary N) is 2. The molecule has 1 aromatic carbocycles. The van der Waals surface area contributed by atoms with Crippen LogP contribution in [0.2, 0.25) is 5.02 Å². The van der Waals surface area contributed by atoms with Gasteiger partial charge in [-0.15, -0.1) is 12.4 Å². The van der Waals surface area contributed by atoms with Crippen molar-refractivity contribution in [3.8, 4) is 5.75 Å². The highest BCUT2D eigenvalue weighted by molar-refractivity contribution is 7.89. The van der Waals surface area contributed by atoms with Gasteiger partial charge in [0.15, 0.2) is 0 Å². The lowest BCUT2D eigenvalue weighted by atomic mass is 10.1. The van der Waals surface area contributed by atoms with E-state index < -0.39 is 10.0 Å². The molecule has 1 saturated heterocycles. The summed E-state index contributed by atoms with van der Waals surface area (Å²) in [5, 5.41) is 3.63. The first-order chi connectivity index (χ1) is 9.94. The van der Waals surface area contributed by atoms with Crippen LogP contribution in [0.25, 0.3) is 0 Å². The quantitative estimate of drug-likeness (QED) is 0.837. The Labute approximate surface area is 143 Å². The van der Waals surface area contributed by atoms with Gasteiger partial charge in [-0.3, -0.25) is 0 Å². The molecule has 1 aromatic rings. The maximum absolute atomic E-state index is 12.6. The van der Waals surface area contributed by atoms with Gasteiger partial charge in [-0.05, 0) is 57.5 Å². The third-order valence-corrected chi connectivity index (χ3v) is 5.42. The third-order valence-electron chi connectivity index (χ3n) is 3.48. The van der Waals surface area contributed by atoms with E-state index in [1.54, 1.807) is 6.07 Å². The largest absolute Gasteiger partial charge is 0.492 e. The average molecular weight is 369 g/mol. The van der Waals surface area contributed by atoms with Crippen LogP contribution in [0, 0.1) is 6.92 Å². The van der Waals surface area contributed by atoms with Gasteiger partial charge < -0.3 is 10.1 Å². The van der Waals surface area contributed by atoms with E-state index in [0.717, 1.165) is 31.5 Å². The lowest BCUT2D eigenvalue weighted by Crippen LogP contribution is -2.42. The topological polar surface area (TPSA) is 67.4 Å². The molecular formula is C14H22Cl2N2O3S. The summed E-state index contributed by atoms with van der Waals surface area (Å²) in [6.45, 7) is 5.68. The maximum Gasteiger partial charge on any atom is 0.244 e. The first-order valence-corrected chi connectivity index (χ1v) is 8.96. The molecule has 0 spiro atoms. The van der Waals surface area contributed by atoms with E-state index in [1.165, 1.54) is 6.07 Å². The van der Waals surface area contributed by atoms with Crippen molar-refractivity contribution in [2.75, 3.05) is 19.7 Å². The van der Waals surface area contributed by atoms with Crippen molar-refractivity contribution in [1.82, 2.24) is 10.0 Å². The van der Waals surface area contributed by atoms with Crippen LogP contribution in [0.15, 0.2) is 17.0 Å². The predicted molar refractivity (Wildman–Crippen MR) is 90.8 cm³/mol. The Kier molecular flexibility index (Phi) is 7.41. The molecular weight excluding hydrogens is 347 g/mol. The SMILES string of the molecule is CCOc1cc(C)c(Cl)cc1S(=O)(=O)NC1CCNCC1.Cl. The molecule has 22 heavy (non-hydrogen) atoms. The fourth-order valence-corrected chi connectivity index (χ4v) is 4.02. The monoisotopic (exact) mass is 368 g/mol. The van der Waals surface area contributed by atoms with Gasteiger partial charge in [-0.1, -0.05) is 11.6 Å². The minimum Gasteiger partial charge on any atom is -0.492 e. The number of hydrogen-bond acceptors (Lipinski definition) is 4. The predicted octanol–water partition coefficient (Wildman–Crippen LogP) is 2.50. The number of rotatable bonds is 5. The summed E-state index contributed by atoms with van der Waals surface area (Å²) in [6, 6.07) is 3.08. The minimum absolute atomic E-state index is 0. The van der Waals surface area contributed by atoms with Crippen molar-refractivity contribution in [2.45, 2.75) is 37.6 Å². The van der Waals surface area contributed by atoms with Crippen LogP contribution in [-0.4, -0.2) is 34.2 Å². The zero-order chi connectivity index (χ0) is 15.5. The highest BCUT2D eigenvalue weighted by Crippen LogP contribution is 2.30. The van der Waals surface area contributed by atoms with Crippen molar-refractivity contribution in [3.05, 3.63) is 22.7 Å². The van der Waals surface area contributed by atoms with Gasteiger partial charge in [0.1, 0.15) is 10.6 Å². The van der Waals surface area contributed by atoms with Gasteiger partial charge in [0.05, 0.1) is 6.61 Å². The summed E-state index contributed by atoms with van der Waals surface area (Å²) in [4.78, 5) is 0.110. The first-order valence-electron chi connectivity index (χ1n) is 7.10. The Morgan fingerprint density at radius 3 is 2.59 bits per heavy atom. The number of ether oxygens (including phenoxy) is 1. The van der Waals surface area contributed by atoms with E-state index in [-0.39, 0.29) is 23.3 Å². The van der Waals surface area contributed by atoms with Gasteiger partial charge in [-0.25, -0.2) is 13.1 Å². The maximum atomic E-state index is 12.6. The van der Waals surface area contributed by atoms with Crippen molar-refractivity contribution in [2.24, 2.45) is 0 Å². The number of piperidine rings is 1. The molecule has 0 aliphatic carbocycles. The van der Waals surface area contributed by atoms with E-state index in [0.29, 0.717) is 17.4 Å². The van der Waals surface area contributed by atoms with Gasteiger partial charge in [0, 0.05) is 11.1 Å². The van der Waals surface area contributed by atoms with Crippen molar-refractivity contribution in [1.29, 1.82) is 0 Å². The highest BCUT2D eigenvalue weighted by atomic mass is 35.5. The van der Waals surface area contributed by atoms with Gasteiger partial charge in [0.25, 0.3) is 0 Å². The van der Waals surface area contributed by atoms with Gasteiger partial charge in [-0.2, -0.15) is 0 Å². The molecule has 0 saturated carbocycles. The minimum atomic E-state index is -3.64. The van der Waals surface area contributed by atoms with Crippen LogP contribution in [0.3, 0.4) is 0 Å². The number of aryl methyl sites for hydroxylation is 1. The van der Waals surface area contributed by atoms with E-state index >= 15 is 0 Å². The number of hydrogen-bond donors (Lipinski definition) is 2. The Morgan fingerprint density at radius 2 is 2.00 bits per heavy atom. The molecule has 126 valence electrons. The van der Waals surface area contributed by atoms with E-state index in [4.69, 9.17) is 16.3 Å². The zero-order valence-corrected chi connectivity index (χ0v) is 15.1. The lowest BCUT2D eigenvalue weighted by molar-refractivity contribution is 0.330. The summed E-state index contributed by atoms with van der Waals surface area (Å²) in [5.74, 6) is 0.348. The fraction of sp³-hybridized carbons (Fsp3) is 0.571. The molecule has 1 aliphatic heterocycles. The second kappa shape index (κ2) is 8.36. The molecule has 1 aliphatic rings. The molecule has 8 heteroatoms. The van der Waals surface area contributed by atoms with Gasteiger partial charge in [0.2, 0.25) is 10.0 Å². The molecule has 0 radical (unpaired) electrons. The summed E-state index contributed by atoms with van der Waals surface area (Å²) in [6.07, 6.45) is 1.56. The molecule has 2 N–H and O–H groups in total. The molecule has 0 amide bonds. The van der Waals surface area contributed by atoms with Gasteiger partial charge >= 0.3 is 0 Å². The number of benzene rings is 1. The Morgan fingerprint density at radius 1 is 1.36 bits per heavy atom. The van der Waals surface area contributed by atoms with Crippen molar-refractivity contribution < 1.29 is 13.2 Å². The zero-order valence-electron chi connectivity index (χ0n) is 12.7. The molecule has 2 rings (SSSR count). The molecule has 0 unspecified atom stereocenters. The Hall–Kier alpha value is -0.530. The second-order valence-corrected chi connectivity index (χ2v) is 7.22. The smallest absolute Gasteiger partial charge is 0.244 e. The van der Waals surface area contributed by atoms with E-state index in [9.17, 15) is 8.42 Å². The standard InChI is InChI=1S/C14H21ClN2O3S.ClH/c1-3-20-13-8-10(2)12(15)9-14(13)21(18,19)17-11-4-6-16-7-5-11;/h8-9,11,16-17H,3-7H2,1-2H3;1H. The number of halogens is 2. The van der Waals surface area contributed by atoms with Crippen LogP contribution >= 0.6 is 24.0 Å². The summed E-state index contributed by atoms with van der Waals surface area (Å²) < 4.78 is 33.4. The van der Waals surface area contributed by atoms with Crippen LogP contribution in [0.5, 0.6) is 5.75 Å². The Balaban J connectivity index is 0.00000242. The van der Waals surface area contributed by atoms with Crippen molar-refractivity contribution in [3.63, 3.8) is 0 Å². The van der Waals surface area contributed by atoms with Crippen LogP contribution in [-0.2, 0) is 10.0 Å². The van der Waals surface area contributed by atoms with Crippen LogP contribution < -0.4 is 14.8 Å². The van der Waals surface area contributed by atoms with E-state index in [1.807, 2.05) is 13.8 Å². The summed E-state index contributed by atoms with van der Waals surface area (Å²) in [7, 11) is -3.64. The molecule has 0 aromatic heterocycles.